The van der Waals surface area contributed by atoms with Crippen LogP contribution in [0.15, 0.2) is 4.99 Å². The molecule has 3 N–H and O–H groups in total. The van der Waals surface area contributed by atoms with Crippen molar-refractivity contribution >= 4 is 29.9 Å². The van der Waals surface area contributed by atoms with Crippen LogP contribution in [0.25, 0.3) is 0 Å². The molecular weight excluding hydrogens is 345 g/mol. The summed E-state index contributed by atoms with van der Waals surface area (Å²) in [6, 6.07) is 0. The van der Waals surface area contributed by atoms with E-state index in [9.17, 15) is 0 Å². The van der Waals surface area contributed by atoms with Crippen LogP contribution in [0.2, 0.25) is 0 Å². The number of hydrogen-bond donors (Lipinski definition) is 2. The molecular formula is C12H26IN3O2. The van der Waals surface area contributed by atoms with Crippen molar-refractivity contribution < 1.29 is 9.47 Å². The molecule has 0 amide bonds. The average molecular weight is 371 g/mol. The van der Waals surface area contributed by atoms with E-state index < -0.39 is 0 Å². The largest absolute Gasteiger partial charge is 0.381 e. The molecule has 1 heterocycles. The molecule has 0 spiro atoms. The number of hydrogen-bond acceptors (Lipinski definition) is 3. The smallest absolute Gasteiger partial charge is 0.188 e. The van der Waals surface area contributed by atoms with Gasteiger partial charge in [0.05, 0.1) is 12.1 Å². The maximum absolute atomic E-state index is 5.80. The summed E-state index contributed by atoms with van der Waals surface area (Å²) in [6.07, 6.45) is 4.03. The molecule has 0 radical (unpaired) electrons. The van der Waals surface area contributed by atoms with Crippen molar-refractivity contribution in [1.29, 1.82) is 0 Å². The van der Waals surface area contributed by atoms with Crippen LogP contribution in [-0.4, -0.2) is 45.0 Å². The Morgan fingerprint density at radius 2 is 2.11 bits per heavy atom. The molecule has 108 valence electrons. The maximum atomic E-state index is 5.80. The lowest BCUT2D eigenvalue weighted by Gasteiger charge is -2.34. The Morgan fingerprint density at radius 1 is 1.44 bits per heavy atom. The highest BCUT2D eigenvalue weighted by molar-refractivity contribution is 14.0. The number of guanidine groups is 1. The van der Waals surface area contributed by atoms with Crippen molar-refractivity contribution in [2.45, 2.75) is 38.2 Å². The first-order valence-electron chi connectivity index (χ1n) is 6.39. The fourth-order valence-corrected chi connectivity index (χ4v) is 1.85. The summed E-state index contributed by atoms with van der Waals surface area (Å²) in [5, 5.41) is 3.11. The molecule has 5 nitrogen and oxygen atoms in total. The van der Waals surface area contributed by atoms with Gasteiger partial charge in [0.25, 0.3) is 0 Å². The SMILES string of the molecule is CCCCNC(N)=NCC1(OC)CCOCC1.I. The molecule has 0 unspecified atom stereocenters. The third kappa shape index (κ3) is 6.19. The summed E-state index contributed by atoms with van der Waals surface area (Å²) in [5.74, 6) is 0.515. The van der Waals surface area contributed by atoms with E-state index in [4.69, 9.17) is 15.2 Å². The van der Waals surface area contributed by atoms with E-state index in [0.717, 1.165) is 45.4 Å². The molecule has 0 bridgehead atoms. The summed E-state index contributed by atoms with van der Waals surface area (Å²) >= 11 is 0. The monoisotopic (exact) mass is 371 g/mol. The number of nitrogens with zero attached hydrogens (tertiary/aromatic N) is 1. The van der Waals surface area contributed by atoms with Gasteiger partial charge >= 0.3 is 0 Å². The molecule has 18 heavy (non-hydrogen) atoms. The standard InChI is InChI=1S/C12H25N3O2.HI/c1-3-4-7-14-11(13)15-10-12(16-2)5-8-17-9-6-12;/h3-10H2,1-2H3,(H3,13,14,15);1H. The summed E-state index contributed by atoms with van der Waals surface area (Å²) < 4.78 is 10.9. The number of nitrogens with one attached hydrogen (secondary N) is 1. The molecule has 1 aliphatic rings. The molecule has 0 aromatic carbocycles. The van der Waals surface area contributed by atoms with E-state index in [2.05, 4.69) is 17.2 Å². The number of ether oxygens (including phenoxy) is 2. The number of rotatable bonds is 6. The Bertz CT molecular complexity index is 243. The lowest BCUT2D eigenvalue weighted by molar-refractivity contribution is -0.0828. The van der Waals surface area contributed by atoms with E-state index in [-0.39, 0.29) is 29.6 Å². The number of halogens is 1. The summed E-state index contributed by atoms with van der Waals surface area (Å²) in [4.78, 5) is 4.37. The Morgan fingerprint density at radius 3 is 2.67 bits per heavy atom. The Labute approximate surface area is 127 Å². The predicted molar refractivity (Wildman–Crippen MR) is 84.6 cm³/mol. The molecule has 1 fully saturated rings. The van der Waals surface area contributed by atoms with Gasteiger partial charge in [-0.3, -0.25) is 4.99 Å². The van der Waals surface area contributed by atoms with Gasteiger partial charge in [0.15, 0.2) is 5.96 Å². The highest BCUT2D eigenvalue weighted by Gasteiger charge is 2.32. The van der Waals surface area contributed by atoms with Crippen LogP contribution in [0.4, 0.5) is 0 Å². The first kappa shape index (κ1) is 17.9. The van der Waals surface area contributed by atoms with Gasteiger partial charge in [0.2, 0.25) is 0 Å². The second-order valence-corrected chi connectivity index (χ2v) is 4.48. The van der Waals surface area contributed by atoms with Crippen molar-refractivity contribution in [2.24, 2.45) is 10.7 Å². The van der Waals surface area contributed by atoms with Crippen LogP contribution >= 0.6 is 24.0 Å². The predicted octanol–water partition coefficient (Wildman–Crippen LogP) is 1.50. The van der Waals surface area contributed by atoms with Crippen LogP contribution < -0.4 is 11.1 Å². The minimum absolute atomic E-state index is 0. The maximum Gasteiger partial charge on any atom is 0.188 e. The third-order valence-electron chi connectivity index (χ3n) is 3.21. The lowest BCUT2D eigenvalue weighted by atomic mass is 9.94. The normalized spacial score (nSPS) is 19.1. The van der Waals surface area contributed by atoms with Gasteiger partial charge in [0, 0.05) is 39.7 Å². The fourth-order valence-electron chi connectivity index (χ4n) is 1.85. The molecule has 1 saturated heterocycles. The van der Waals surface area contributed by atoms with E-state index in [1.165, 1.54) is 0 Å². The Kier molecular flexibility index (Phi) is 9.76. The number of nitrogens with two attached hydrogens (primary N) is 1. The minimum Gasteiger partial charge on any atom is -0.381 e. The second-order valence-electron chi connectivity index (χ2n) is 4.48. The van der Waals surface area contributed by atoms with Gasteiger partial charge in [0.1, 0.15) is 0 Å². The van der Waals surface area contributed by atoms with Crippen LogP contribution in [0.1, 0.15) is 32.6 Å². The first-order chi connectivity index (χ1) is 8.22. The highest BCUT2D eigenvalue weighted by Crippen LogP contribution is 2.24. The molecule has 0 atom stereocenters. The van der Waals surface area contributed by atoms with E-state index >= 15 is 0 Å². The molecule has 6 heteroatoms. The van der Waals surface area contributed by atoms with Gasteiger partial charge in [-0.2, -0.15) is 0 Å². The van der Waals surface area contributed by atoms with Crippen molar-refractivity contribution in [3.63, 3.8) is 0 Å². The number of unbranched alkanes of at least 4 members (excludes halogenated alkanes) is 1. The molecule has 1 rings (SSSR count). The zero-order valence-corrected chi connectivity index (χ0v) is 13.7. The second kappa shape index (κ2) is 9.80. The van der Waals surface area contributed by atoms with Crippen LogP contribution in [0.5, 0.6) is 0 Å². The average Bonchev–Trinajstić information content (AvgIpc) is 2.38. The van der Waals surface area contributed by atoms with Crippen LogP contribution in [0, 0.1) is 0 Å². The van der Waals surface area contributed by atoms with Gasteiger partial charge in [-0.1, -0.05) is 13.3 Å². The summed E-state index contributed by atoms with van der Waals surface area (Å²) in [6.45, 7) is 5.13. The zero-order valence-electron chi connectivity index (χ0n) is 11.4. The van der Waals surface area contributed by atoms with Gasteiger partial charge in [-0.25, -0.2) is 0 Å². The lowest BCUT2D eigenvalue weighted by Crippen LogP contribution is -2.42. The van der Waals surface area contributed by atoms with Gasteiger partial charge in [-0.05, 0) is 6.42 Å². The zero-order chi connectivity index (χ0) is 12.6. The van der Waals surface area contributed by atoms with Crippen LogP contribution in [0.3, 0.4) is 0 Å². The summed E-state index contributed by atoms with van der Waals surface area (Å²) in [7, 11) is 1.74. The van der Waals surface area contributed by atoms with Gasteiger partial charge < -0.3 is 20.5 Å². The summed E-state index contributed by atoms with van der Waals surface area (Å²) in [5.41, 5.74) is 5.61. The van der Waals surface area contributed by atoms with Crippen molar-refractivity contribution in [1.82, 2.24) is 5.32 Å². The quantitative estimate of drug-likeness (QED) is 0.321. The Hall–Kier alpha value is -0.0800. The Balaban J connectivity index is 0.00000289. The van der Waals surface area contributed by atoms with Crippen molar-refractivity contribution in [3.05, 3.63) is 0 Å². The number of methoxy groups -OCH3 is 1. The van der Waals surface area contributed by atoms with E-state index in [1.54, 1.807) is 7.11 Å². The molecule has 1 aliphatic heterocycles. The topological polar surface area (TPSA) is 68.9 Å². The molecule has 0 saturated carbocycles. The minimum atomic E-state index is -0.185. The molecule has 0 aromatic rings. The van der Waals surface area contributed by atoms with E-state index in [0.29, 0.717) is 12.5 Å². The molecule has 0 aromatic heterocycles. The fraction of sp³-hybridized carbons (Fsp3) is 0.917. The van der Waals surface area contributed by atoms with E-state index in [1.807, 2.05) is 0 Å². The number of aliphatic imine (C=N–C) groups is 1. The first-order valence-corrected chi connectivity index (χ1v) is 6.39. The third-order valence-corrected chi connectivity index (χ3v) is 3.21. The highest BCUT2D eigenvalue weighted by atomic mass is 127. The van der Waals surface area contributed by atoms with Crippen molar-refractivity contribution in [3.8, 4) is 0 Å². The van der Waals surface area contributed by atoms with Gasteiger partial charge in [-0.15, -0.1) is 24.0 Å². The van der Waals surface area contributed by atoms with Crippen LogP contribution in [-0.2, 0) is 9.47 Å². The van der Waals surface area contributed by atoms with Crippen molar-refractivity contribution in [2.75, 3.05) is 33.4 Å². The molecule has 0 aliphatic carbocycles.